The quantitative estimate of drug-likeness (QED) is 0.624. The van der Waals surface area contributed by atoms with Crippen molar-refractivity contribution >= 4 is 11.4 Å². The lowest BCUT2D eigenvalue weighted by molar-refractivity contribution is -0.211. The highest BCUT2D eigenvalue weighted by Gasteiger charge is 2.05. The molecule has 21 heavy (non-hydrogen) atoms. The summed E-state index contributed by atoms with van der Waals surface area (Å²) in [5.74, 6) is 5.72. The molecule has 0 fully saturated rings. The summed E-state index contributed by atoms with van der Waals surface area (Å²) >= 11 is -1.86. The second-order valence-corrected chi connectivity index (χ2v) is 5.00. The van der Waals surface area contributed by atoms with Gasteiger partial charge in [-0.3, -0.25) is 4.18 Å². The van der Waals surface area contributed by atoms with E-state index in [4.69, 9.17) is 14.3 Å². The molecule has 0 spiro atoms. The van der Waals surface area contributed by atoms with Gasteiger partial charge in [0.2, 0.25) is 0 Å². The van der Waals surface area contributed by atoms with Gasteiger partial charge in [-0.15, -0.1) is 0 Å². The molecule has 2 N–H and O–H groups in total. The van der Waals surface area contributed by atoms with Crippen molar-refractivity contribution in [2.24, 2.45) is 5.90 Å². The van der Waals surface area contributed by atoms with Gasteiger partial charge >= 0.3 is 11.4 Å². The standard InChI is InChI=1S/C14H15NO5S/c1-11-2-6-14(7-3-11)19-21(16)17-10-12-4-8-13(9-5-12)18-20-15/h2-9H,10,15H2,1H3. The van der Waals surface area contributed by atoms with Crippen LogP contribution in [-0.4, -0.2) is 4.21 Å². The smallest absolute Gasteiger partial charge is 0.360 e. The van der Waals surface area contributed by atoms with Crippen LogP contribution >= 0.6 is 0 Å². The zero-order chi connectivity index (χ0) is 15.1. The van der Waals surface area contributed by atoms with Crippen LogP contribution in [0.2, 0.25) is 0 Å². The van der Waals surface area contributed by atoms with Gasteiger partial charge in [0.05, 0.1) is 6.61 Å². The third-order valence-corrected chi connectivity index (χ3v) is 3.21. The first-order chi connectivity index (χ1) is 10.2. The third kappa shape index (κ3) is 5.16. The minimum Gasteiger partial charge on any atom is -0.380 e. The molecule has 2 aromatic carbocycles. The van der Waals surface area contributed by atoms with Crippen molar-refractivity contribution in [3.8, 4) is 11.5 Å². The Balaban J connectivity index is 1.81. The van der Waals surface area contributed by atoms with Crippen molar-refractivity contribution in [2.75, 3.05) is 0 Å². The van der Waals surface area contributed by atoms with E-state index in [1.165, 1.54) is 0 Å². The lowest BCUT2D eigenvalue weighted by Crippen LogP contribution is -2.05. The molecule has 2 aromatic rings. The zero-order valence-electron chi connectivity index (χ0n) is 11.4. The van der Waals surface area contributed by atoms with Crippen LogP contribution in [0.25, 0.3) is 0 Å². The van der Waals surface area contributed by atoms with E-state index in [-0.39, 0.29) is 6.61 Å². The van der Waals surface area contributed by atoms with Gasteiger partial charge in [-0.2, -0.15) is 10.1 Å². The Morgan fingerprint density at radius 2 is 1.62 bits per heavy atom. The second-order valence-electron chi connectivity index (χ2n) is 4.19. The first kappa shape index (κ1) is 15.5. The van der Waals surface area contributed by atoms with E-state index in [1.54, 1.807) is 36.4 Å². The summed E-state index contributed by atoms with van der Waals surface area (Å²) in [6, 6.07) is 14.0. The van der Waals surface area contributed by atoms with E-state index in [9.17, 15) is 4.21 Å². The van der Waals surface area contributed by atoms with E-state index in [1.807, 2.05) is 19.1 Å². The summed E-state index contributed by atoms with van der Waals surface area (Å²) in [6.07, 6.45) is 0. The van der Waals surface area contributed by atoms with Gasteiger partial charge in [0.1, 0.15) is 5.75 Å². The molecule has 7 heteroatoms. The highest BCUT2D eigenvalue weighted by Crippen LogP contribution is 2.15. The zero-order valence-corrected chi connectivity index (χ0v) is 12.2. The molecule has 0 amide bonds. The van der Waals surface area contributed by atoms with Crippen molar-refractivity contribution < 1.29 is 22.5 Å². The molecule has 0 aliphatic rings. The molecule has 0 saturated heterocycles. The fourth-order valence-corrected chi connectivity index (χ4v) is 2.06. The lowest BCUT2D eigenvalue weighted by atomic mass is 10.2. The molecule has 0 bridgehead atoms. The van der Waals surface area contributed by atoms with E-state index in [0.29, 0.717) is 11.5 Å². The molecule has 112 valence electrons. The summed E-state index contributed by atoms with van der Waals surface area (Å²) in [4.78, 5) is 8.67. The molecule has 0 saturated carbocycles. The van der Waals surface area contributed by atoms with Crippen LogP contribution in [0.15, 0.2) is 48.5 Å². The van der Waals surface area contributed by atoms with E-state index < -0.39 is 11.4 Å². The maximum Gasteiger partial charge on any atom is 0.360 e. The van der Waals surface area contributed by atoms with Crippen LogP contribution in [0.1, 0.15) is 11.1 Å². The average Bonchev–Trinajstić information content (AvgIpc) is 2.49. The molecule has 6 nitrogen and oxygen atoms in total. The van der Waals surface area contributed by atoms with Crippen LogP contribution in [0.4, 0.5) is 0 Å². The molecule has 1 unspecified atom stereocenters. The third-order valence-electron chi connectivity index (χ3n) is 2.57. The summed E-state index contributed by atoms with van der Waals surface area (Å²) in [7, 11) is 0. The molecule has 0 aliphatic carbocycles. The Labute approximate surface area is 125 Å². The number of aryl methyl sites for hydroxylation is 1. The average molecular weight is 309 g/mol. The number of hydrogen-bond donors (Lipinski definition) is 1. The Kier molecular flexibility index (Phi) is 5.70. The summed E-state index contributed by atoms with van der Waals surface area (Å²) < 4.78 is 21.9. The highest BCUT2D eigenvalue weighted by molar-refractivity contribution is 7.75. The SMILES string of the molecule is Cc1ccc(OS(=O)OCc2ccc(OON)cc2)cc1. The Morgan fingerprint density at radius 3 is 2.24 bits per heavy atom. The lowest BCUT2D eigenvalue weighted by Gasteiger charge is -2.06. The van der Waals surface area contributed by atoms with Crippen molar-refractivity contribution in [3.05, 3.63) is 59.7 Å². The molecule has 0 heterocycles. The largest absolute Gasteiger partial charge is 0.380 e. The minimum absolute atomic E-state index is 0.141. The molecule has 2 rings (SSSR count). The molecule has 0 aliphatic heterocycles. The predicted molar refractivity (Wildman–Crippen MR) is 77.1 cm³/mol. The van der Waals surface area contributed by atoms with Crippen LogP contribution in [0, 0.1) is 6.92 Å². The number of hydrogen-bond acceptors (Lipinski definition) is 6. The summed E-state index contributed by atoms with van der Waals surface area (Å²) in [5.41, 5.74) is 1.90. The van der Waals surface area contributed by atoms with Crippen molar-refractivity contribution in [2.45, 2.75) is 13.5 Å². The van der Waals surface area contributed by atoms with Gasteiger partial charge in [-0.1, -0.05) is 34.8 Å². The first-order valence-electron chi connectivity index (χ1n) is 6.10. The molecule has 0 radical (unpaired) electrons. The number of benzene rings is 2. The Bertz CT molecular complexity index is 585. The van der Waals surface area contributed by atoms with Crippen LogP contribution in [0.3, 0.4) is 0 Å². The normalized spacial score (nSPS) is 11.9. The minimum atomic E-state index is -1.86. The topological polar surface area (TPSA) is 80.0 Å². The van der Waals surface area contributed by atoms with Gasteiger partial charge in [0, 0.05) is 0 Å². The van der Waals surface area contributed by atoms with E-state index >= 15 is 0 Å². The van der Waals surface area contributed by atoms with Gasteiger partial charge in [-0.25, -0.2) is 0 Å². The monoisotopic (exact) mass is 309 g/mol. The Hall–Kier alpha value is -1.93. The van der Waals surface area contributed by atoms with Gasteiger partial charge in [-0.05, 0) is 36.8 Å². The Morgan fingerprint density at radius 1 is 1.00 bits per heavy atom. The van der Waals surface area contributed by atoms with Crippen molar-refractivity contribution in [1.82, 2.24) is 0 Å². The van der Waals surface area contributed by atoms with Crippen molar-refractivity contribution in [3.63, 3.8) is 0 Å². The second kappa shape index (κ2) is 7.75. The summed E-state index contributed by atoms with van der Waals surface area (Å²) in [5, 5.41) is 0. The van der Waals surface area contributed by atoms with Crippen LogP contribution in [0.5, 0.6) is 11.5 Å². The van der Waals surface area contributed by atoms with Gasteiger partial charge in [0.25, 0.3) is 0 Å². The van der Waals surface area contributed by atoms with E-state index in [0.717, 1.165) is 11.1 Å². The fraction of sp³-hybridized carbons (Fsp3) is 0.143. The molecular formula is C14H15NO5S. The molecule has 0 aromatic heterocycles. The van der Waals surface area contributed by atoms with E-state index in [2.05, 4.69) is 9.88 Å². The maximum absolute atomic E-state index is 11.6. The van der Waals surface area contributed by atoms with Gasteiger partial charge in [0.15, 0.2) is 5.75 Å². The first-order valence-corrected chi connectivity index (χ1v) is 7.10. The maximum atomic E-state index is 11.6. The molecular weight excluding hydrogens is 294 g/mol. The molecule has 1 atom stereocenters. The fourth-order valence-electron chi connectivity index (χ4n) is 1.51. The van der Waals surface area contributed by atoms with Crippen LogP contribution < -0.4 is 15.0 Å². The number of nitrogens with two attached hydrogens (primary N) is 1. The highest BCUT2D eigenvalue weighted by atomic mass is 32.2. The van der Waals surface area contributed by atoms with Crippen molar-refractivity contribution in [1.29, 1.82) is 0 Å². The number of rotatable bonds is 7. The van der Waals surface area contributed by atoms with Crippen LogP contribution in [-0.2, 0) is 27.1 Å². The van der Waals surface area contributed by atoms with Gasteiger partial charge < -0.3 is 9.07 Å². The predicted octanol–water partition coefficient (Wildman–Crippen LogP) is 2.35. The summed E-state index contributed by atoms with van der Waals surface area (Å²) in [6.45, 7) is 2.10.